The van der Waals surface area contributed by atoms with Gasteiger partial charge in [-0.15, -0.1) is 0 Å². The van der Waals surface area contributed by atoms with Gasteiger partial charge in [0.15, 0.2) is 0 Å². The van der Waals surface area contributed by atoms with Gasteiger partial charge in [0.25, 0.3) is 0 Å². The van der Waals surface area contributed by atoms with Crippen LogP contribution in [0.3, 0.4) is 0 Å². The van der Waals surface area contributed by atoms with E-state index in [0.29, 0.717) is 0 Å². The molecule has 2 aliphatic heterocycles. The second kappa shape index (κ2) is 13.6. The fourth-order valence-electron chi connectivity index (χ4n) is 10.6. The zero-order valence-corrected chi connectivity index (χ0v) is 35.3. The summed E-state index contributed by atoms with van der Waals surface area (Å²) in [6.45, 7) is 9.16. The van der Waals surface area contributed by atoms with Crippen LogP contribution < -0.4 is 15.7 Å². The smallest absolute Gasteiger partial charge is 0.333 e. The monoisotopic (exact) mass is 786 g/mol. The lowest BCUT2D eigenvalue weighted by molar-refractivity contribution is 0.591. The summed E-state index contributed by atoms with van der Waals surface area (Å²) in [6.07, 6.45) is 4.80. The third kappa shape index (κ3) is 5.44. The molecule has 0 aliphatic carbocycles. The van der Waals surface area contributed by atoms with Crippen LogP contribution in [0, 0.1) is 0 Å². The van der Waals surface area contributed by atoms with Crippen LogP contribution in [-0.2, 0) is 11.8 Å². The van der Waals surface area contributed by atoms with Crippen LogP contribution in [0.5, 0.6) is 0 Å². The Balaban J connectivity index is 1.25. The molecular formula is C57H47BN2O. The lowest BCUT2D eigenvalue weighted by atomic mass is 9.43. The van der Waals surface area contributed by atoms with Gasteiger partial charge in [-0.25, -0.2) is 0 Å². The summed E-state index contributed by atoms with van der Waals surface area (Å²) in [6, 6.07) is 61.5. The van der Waals surface area contributed by atoms with Crippen LogP contribution in [-0.4, -0.2) is 11.4 Å². The van der Waals surface area contributed by atoms with Crippen LogP contribution >= 0.6 is 0 Å². The number of para-hydroxylation sites is 2. The molecule has 4 heteroatoms. The molecule has 0 unspecified atom stereocenters. The van der Waals surface area contributed by atoms with Crippen LogP contribution in [0.15, 0.2) is 168 Å². The largest absolute Gasteiger partial charge is 0.456 e. The summed E-state index contributed by atoms with van der Waals surface area (Å²) in [7, 11) is 0. The molecule has 10 aromatic rings. The molecule has 0 N–H and O–H groups in total. The zero-order valence-electron chi connectivity index (χ0n) is 35.3. The molecule has 294 valence electrons. The second-order valence-corrected chi connectivity index (χ2v) is 18.3. The van der Waals surface area contributed by atoms with E-state index in [4.69, 9.17) is 4.42 Å². The van der Waals surface area contributed by atoms with E-state index in [-0.39, 0.29) is 12.3 Å². The topological polar surface area (TPSA) is 21.3 Å². The van der Waals surface area contributed by atoms with E-state index in [2.05, 4.69) is 201 Å². The van der Waals surface area contributed by atoms with Gasteiger partial charge in [0.2, 0.25) is 0 Å². The Labute approximate surface area is 358 Å². The van der Waals surface area contributed by atoms with Crippen molar-refractivity contribution in [3.8, 4) is 39.1 Å². The first kappa shape index (κ1) is 36.1. The van der Waals surface area contributed by atoms with E-state index in [9.17, 15) is 0 Å². The van der Waals surface area contributed by atoms with E-state index >= 15 is 0 Å². The summed E-state index contributed by atoms with van der Waals surface area (Å²) in [5.41, 5.74) is 20.8. The van der Waals surface area contributed by atoms with Gasteiger partial charge in [-0.1, -0.05) is 150 Å². The van der Waals surface area contributed by atoms with Crippen molar-refractivity contribution < 1.29 is 4.42 Å². The fraction of sp³-hybridized carbons (Fsp3) is 0.158. The predicted octanol–water partition coefficient (Wildman–Crippen LogP) is 14.3. The lowest BCUT2D eigenvalue weighted by Crippen LogP contribution is -2.60. The standard InChI is InChI=1S/C57H47BN2O/c1-5-6-8-17-36-26-29-39(30-27-36)60-50-24-15-13-22-42(50)46-33-45(41-21-12-11-20-40(41)37-18-9-7-10-19-37)54-47-32-38(57(2,3)4)28-31-49(47)59-51-34-44-43-23-14-16-25-52(43)61-53(44)35-48(51)58(60)55(46)56(54)59/h7,9-16,18-35H,5-6,8,17H2,1-4H3. The van der Waals surface area contributed by atoms with E-state index < -0.39 is 0 Å². The highest BCUT2D eigenvalue weighted by atomic mass is 16.3. The number of benzene rings is 8. The minimum Gasteiger partial charge on any atom is -0.456 e. The maximum absolute atomic E-state index is 6.72. The van der Waals surface area contributed by atoms with Gasteiger partial charge < -0.3 is 13.8 Å². The van der Waals surface area contributed by atoms with E-state index in [1.807, 2.05) is 0 Å². The highest BCUT2D eigenvalue weighted by Gasteiger charge is 2.45. The summed E-state index contributed by atoms with van der Waals surface area (Å²) >= 11 is 0. The minimum atomic E-state index is -0.108. The van der Waals surface area contributed by atoms with Crippen molar-refractivity contribution in [2.24, 2.45) is 0 Å². The molecule has 0 saturated heterocycles. The van der Waals surface area contributed by atoms with Crippen LogP contribution in [0.2, 0.25) is 0 Å². The Kier molecular flexibility index (Phi) is 8.06. The third-order valence-electron chi connectivity index (χ3n) is 13.6. The van der Waals surface area contributed by atoms with Crippen LogP contribution in [0.25, 0.3) is 82.8 Å². The van der Waals surface area contributed by atoms with E-state index in [1.165, 1.54) is 114 Å². The third-order valence-corrected chi connectivity index (χ3v) is 13.6. The van der Waals surface area contributed by atoms with Crippen molar-refractivity contribution in [1.29, 1.82) is 0 Å². The first-order valence-corrected chi connectivity index (χ1v) is 22.1. The SMILES string of the molecule is CCCCCc1ccc(N2B3c4cc5oc6ccccc6c5cc4-n4c5ccc(C(C)(C)C)cc5c5c(-c6ccccc6-c6ccccc6)cc(c3c54)-c3ccccc32)cc1. The Hall–Kier alpha value is -6.78. The molecule has 12 rings (SSSR count). The maximum Gasteiger partial charge on any atom is 0.333 e. The highest BCUT2D eigenvalue weighted by molar-refractivity contribution is 6.94. The van der Waals surface area contributed by atoms with Gasteiger partial charge in [0.1, 0.15) is 11.2 Å². The predicted molar refractivity (Wildman–Crippen MR) is 260 cm³/mol. The minimum absolute atomic E-state index is 0.0279. The molecule has 0 radical (unpaired) electrons. The second-order valence-electron chi connectivity index (χ2n) is 18.3. The molecule has 0 bridgehead atoms. The molecule has 3 nitrogen and oxygen atoms in total. The number of aromatic nitrogens is 1. The van der Waals surface area contributed by atoms with Gasteiger partial charge >= 0.3 is 6.85 Å². The maximum atomic E-state index is 6.72. The summed E-state index contributed by atoms with van der Waals surface area (Å²) in [5, 5.41) is 4.88. The molecule has 0 saturated carbocycles. The summed E-state index contributed by atoms with van der Waals surface area (Å²) in [5.74, 6) is 0. The van der Waals surface area contributed by atoms with E-state index in [0.717, 1.165) is 28.4 Å². The van der Waals surface area contributed by atoms with Gasteiger partial charge in [-0.05, 0) is 123 Å². The van der Waals surface area contributed by atoms with Crippen molar-refractivity contribution in [3.63, 3.8) is 0 Å². The molecule has 0 atom stereocenters. The molecule has 0 spiro atoms. The fourth-order valence-corrected chi connectivity index (χ4v) is 10.6. The van der Waals surface area contributed by atoms with E-state index in [1.54, 1.807) is 0 Å². The van der Waals surface area contributed by atoms with Crippen molar-refractivity contribution in [2.75, 3.05) is 4.81 Å². The highest BCUT2D eigenvalue weighted by Crippen LogP contribution is 2.50. The Morgan fingerprint density at radius 2 is 1.30 bits per heavy atom. The van der Waals surface area contributed by atoms with Crippen molar-refractivity contribution in [3.05, 3.63) is 175 Å². The first-order chi connectivity index (χ1) is 29.9. The lowest BCUT2D eigenvalue weighted by Gasteiger charge is -2.42. The van der Waals surface area contributed by atoms with Gasteiger partial charge in [0.05, 0.1) is 11.0 Å². The summed E-state index contributed by atoms with van der Waals surface area (Å²) < 4.78 is 9.33. The number of unbranched alkanes of at least 4 members (excludes halogenated alkanes) is 2. The van der Waals surface area contributed by atoms with Crippen molar-refractivity contribution >= 4 is 72.9 Å². The normalized spacial score (nSPS) is 13.1. The molecule has 0 fully saturated rings. The number of nitrogens with zero attached hydrogens (tertiary/aromatic N) is 2. The average molecular weight is 787 g/mol. The molecular weight excluding hydrogens is 739 g/mol. The summed E-state index contributed by atoms with van der Waals surface area (Å²) in [4.78, 5) is 2.62. The number of fused-ring (bicyclic) bond motifs is 11. The number of rotatable bonds is 7. The molecule has 0 amide bonds. The number of hydrogen-bond acceptors (Lipinski definition) is 2. The van der Waals surface area contributed by atoms with Crippen molar-refractivity contribution in [1.82, 2.24) is 4.57 Å². The molecule has 8 aromatic carbocycles. The number of anilines is 2. The molecule has 4 heterocycles. The van der Waals surface area contributed by atoms with Crippen LogP contribution in [0.1, 0.15) is 58.1 Å². The van der Waals surface area contributed by atoms with Crippen LogP contribution in [0.4, 0.5) is 11.4 Å². The number of hydrogen-bond donors (Lipinski definition) is 0. The Morgan fingerprint density at radius 1 is 0.557 bits per heavy atom. The van der Waals surface area contributed by atoms with Gasteiger partial charge in [0, 0.05) is 44.2 Å². The van der Waals surface area contributed by atoms with Gasteiger partial charge in [-0.2, -0.15) is 0 Å². The molecule has 61 heavy (non-hydrogen) atoms. The zero-order chi connectivity index (χ0) is 41.0. The molecule has 2 aliphatic rings. The van der Waals surface area contributed by atoms with Gasteiger partial charge in [-0.3, -0.25) is 0 Å². The Bertz CT molecular complexity index is 3370. The Morgan fingerprint density at radius 3 is 2.10 bits per heavy atom. The number of aryl methyl sites for hydroxylation is 1. The quantitative estimate of drug-likeness (QED) is 0.119. The van der Waals surface area contributed by atoms with Crippen molar-refractivity contribution in [2.45, 2.75) is 58.8 Å². The number of furan rings is 1. The average Bonchev–Trinajstić information content (AvgIpc) is 3.84. The molecule has 2 aromatic heterocycles. The first-order valence-electron chi connectivity index (χ1n) is 22.1.